The predicted octanol–water partition coefficient (Wildman–Crippen LogP) is 1.56. The molecule has 0 bridgehead atoms. The van der Waals surface area contributed by atoms with E-state index in [1.54, 1.807) is 0 Å². The van der Waals surface area contributed by atoms with Gasteiger partial charge in [0.1, 0.15) is 0 Å². The molecule has 0 radical (unpaired) electrons. The van der Waals surface area contributed by atoms with E-state index in [4.69, 9.17) is 0 Å². The summed E-state index contributed by atoms with van der Waals surface area (Å²) in [6, 6.07) is 0.762. The summed E-state index contributed by atoms with van der Waals surface area (Å²) < 4.78 is 37.5. The zero-order valence-corrected chi connectivity index (χ0v) is 6.61. The second-order valence-electron chi connectivity index (χ2n) is 2.47. The van der Waals surface area contributed by atoms with Crippen LogP contribution in [0.25, 0.3) is 0 Å². The molecule has 1 rings (SSSR count). The van der Waals surface area contributed by atoms with Crippen LogP contribution < -0.4 is 4.90 Å². The second kappa shape index (κ2) is 3.00. The van der Waals surface area contributed by atoms with Gasteiger partial charge in [0, 0.05) is 20.2 Å². The molecule has 0 spiro atoms. The number of anilines is 1. The number of pyridine rings is 1. The molecule has 2 nitrogen and oxygen atoms in total. The molecule has 1 heterocycles. The Morgan fingerprint density at radius 1 is 1.17 bits per heavy atom. The number of hydrogen-bond acceptors (Lipinski definition) is 2. The van der Waals surface area contributed by atoms with E-state index in [1.807, 2.05) is 0 Å². The fraction of sp³-hybridized carbons (Fsp3) is 0.286. The van der Waals surface area contributed by atoms with Gasteiger partial charge in [0.05, 0.1) is 5.69 Å². The van der Waals surface area contributed by atoms with Crippen molar-refractivity contribution >= 4 is 5.69 Å². The van der Waals surface area contributed by atoms with Gasteiger partial charge in [-0.3, -0.25) is 0 Å². The zero-order valence-electron chi connectivity index (χ0n) is 6.61. The van der Waals surface area contributed by atoms with Crippen LogP contribution in [0.3, 0.4) is 0 Å². The Morgan fingerprint density at radius 2 is 1.75 bits per heavy atom. The molecule has 0 saturated carbocycles. The van der Waals surface area contributed by atoms with E-state index < -0.39 is 17.7 Å². The van der Waals surface area contributed by atoms with Crippen LogP contribution in [0.5, 0.6) is 0 Å². The van der Waals surface area contributed by atoms with Gasteiger partial charge in [-0.05, 0) is 0 Å². The van der Waals surface area contributed by atoms with Gasteiger partial charge in [-0.1, -0.05) is 0 Å². The number of halogens is 3. The van der Waals surface area contributed by atoms with E-state index in [-0.39, 0.29) is 5.69 Å². The molecule has 0 amide bonds. The summed E-state index contributed by atoms with van der Waals surface area (Å²) in [5.41, 5.74) is -0.0751. The summed E-state index contributed by atoms with van der Waals surface area (Å²) in [4.78, 5) is 4.05. The molecule has 0 aromatic carbocycles. The quantitative estimate of drug-likeness (QED) is 0.604. The number of hydrogen-bond donors (Lipinski definition) is 0. The van der Waals surface area contributed by atoms with Crippen LogP contribution in [0.1, 0.15) is 0 Å². The van der Waals surface area contributed by atoms with Gasteiger partial charge in [-0.15, -0.1) is 0 Å². The summed E-state index contributed by atoms with van der Waals surface area (Å²) in [5, 5.41) is 0. The highest BCUT2D eigenvalue weighted by Crippen LogP contribution is 2.17. The molecule has 1 aromatic rings. The van der Waals surface area contributed by atoms with Crippen LogP contribution >= 0.6 is 0 Å². The minimum absolute atomic E-state index is 0.0751. The SMILES string of the molecule is CN(C)c1cc(F)c(F)nc1F. The van der Waals surface area contributed by atoms with Crippen LogP contribution in [0.4, 0.5) is 18.9 Å². The third-order valence-corrected chi connectivity index (χ3v) is 1.35. The summed E-state index contributed by atoms with van der Waals surface area (Å²) in [6.07, 6.45) is 0. The molecule has 0 unspecified atom stereocenters. The molecule has 12 heavy (non-hydrogen) atoms. The maximum Gasteiger partial charge on any atom is 0.251 e. The van der Waals surface area contributed by atoms with Gasteiger partial charge in [0.15, 0.2) is 5.82 Å². The molecule has 0 aliphatic heterocycles. The monoisotopic (exact) mass is 176 g/mol. The summed E-state index contributed by atoms with van der Waals surface area (Å²) in [6.45, 7) is 0. The zero-order chi connectivity index (χ0) is 9.30. The van der Waals surface area contributed by atoms with Crippen molar-refractivity contribution in [3.8, 4) is 0 Å². The largest absolute Gasteiger partial charge is 0.374 e. The van der Waals surface area contributed by atoms with E-state index in [0.717, 1.165) is 6.07 Å². The molecule has 0 aliphatic rings. The first kappa shape index (κ1) is 8.83. The lowest BCUT2D eigenvalue weighted by Crippen LogP contribution is -2.13. The van der Waals surface area contributed by atoms with Crippen LogP contribution in [0.15, 0.2) is 6.07 Å². The number of rotatable bonds is 1. The third-order valence-electron chi connectivity index (χ3n) is 1.35. The Balaban J connectivity index is 3.23. The fourth-order valence-corrected chi connectivity index (χ4v) is 0.750. The van der Waals surface area contributed by atoms with E-state index >= 15 is 0 Å². The van der Waals surface area contributed by atoms with Gasteiger partial charge >= 0.3 is 0 Å². The fourth-order valence-electron chi connectivity index (χ4n) is 0.750. The first-order valence-corrected chi connectivity index (χ1v) is 3.21. The molecule has 0 aliphatic carbocycles. The van der Waals surface area contributed by atoms with Crippen molar-refractivity contribution in [3.63, 3.8) is 0 Å². The van der Waals surface area contributed by atoms with Crippen LogP contribution in [-0.2, 0) is 0 Å². The summed E-state index contributed by atoms with van der Waals surface area (Å²) in [5.74, 6) is -3.59. The molecule has 5 heteroatoms. The lowest BCUT2D eigenvalue weighted by atomic mass is 10.4. The molecule has 0 fully saturated rings. The maximum atomic E-state index is 12.7. The van der Waals surface area contributed by atoms with E-state index in [2.05, 4.69) is 4.98 Å². The standard InChI is InChI=1S/C7H7F3N2/c1-12(2)5-3-4(8)6(9)11-7(5)10/h3H,1-2H3. The van der Waals surface area contributed by atoms with Crippen molar-refractivity contribution in [2.75, 3.05) is 19.0 Å². The highest BCUT2D eigenvalue weighted by Gasteiger charge is 2.12. The van der Waals surface area contributed by atoms with Crippen molar-refractivity contribution in [3.05, 3.63) is 23.8 Å². The Hall–Kier alpha value is -1.26. The van der Waals surface area contributed by atoms with Crippen LogP contribution in [-0.4, -0.2) is 19.1 Å². The minimum Gasteiger partial charge on any atom is -0.374 e. The predicted molar refractivity (Wildman–Crippen MR) is 38.4 cm³/mol. The number of nitrogens with zero attached hydrogens (tertiary/aromatic N) is 2. The van der Waals surface area contributed by atoms with Crippen LogP contribution in [0.2, 0.25) is 0 Å². The first-order chi connectivity index (χ1) is 5.52. The van der Waals surface area contributed by atoms with Crippen LogP contribution in [0, 0.1) is 17.7 Å². The van der Waals surface area contributed by atoms with Crippen molar-refractivity contribution in [1.82, 2.24) is 4.98 Å². The molecule has 0 saturated heterocycles. The lowest BCUT2D eigenvalue weighted by Gasteiger charge is -2.12. The van der Waals surface area contributed by atoms with Gasteiger partial charge in [0.2, 0.25) is 5.95 Å². The molecule has 1 aromatic heterocycles. The molecular weight excluding hydrogens is 169 g/mol. The maximum absolute atomic E-state index is 12.7. The third kappa shape index (κ3) is 1.49. The second-order valence-corrected chi connectivity index (χ2v) is 2.47. The van der Waals surface area contributed by atoms with Gasteiger partial charge < -0.3 is 4.90 Å². The Kier molecular flexibility index (Phi) is 2.21. The smallest absolute Gasteiger partial charge is 0.251 e. The normalized spacial score (nSPS) is 10.1. The Morgan fingerprint density at radius 3 is 2.25 bits per heavy atom. The summed E-state index contributed by atoms with van der Waals surface area (Å²) >= 11 is 0. The van der Waals surface area contributed by atoms with Gasteiger partial charge in [-0.2, -0.15) is 13.8 Å². The van der Waals surface area contributed by atoms with Crippen molar-refractivity contribution in [2.45, 2.75) is 0 Å². The number of aromatic nitrogens is 1. The minimum atomic E-state index is -1.42. The van der Waals surface area contributed by atoms with E-state index in [1.165, 1.54) is 19.0 Å². The molecular formula is C7H7F3N2. The molecule has 0 N–H and O–H groups in total. The Bertz CT molecular complexity index is 299. The van der Waals surface area contributed by atoms with Crippen molar-refractivity contribution in [1.29, 1.82) is 0 Å². The average molecular weight is 176 g/mol. The molecule has 0 atom stereocenters. The van der Waals surface area contributed by atoms with E-state index in [0.29, 0.717) is 0 Å². The average Bonchev–Trinajstić information content (AvgIpc) is 1.96. The summed E-state index contributed by atoms with van der Waals surface area (Å²) in [7, 11) is 3.02. The topological polar surface area (TPSA) is 16.1 Å². The highest BCUT2D eigenvalue weighted by molar-refractivity contribution is 5.43. The first-order valence-electron chi connectivity index (χ1n) is 3.21. The van der Waals surface area contributed by atoms with Crippen molar-refractivity contribution in [2.24, 2.45) is 0 Å². The Labute approximate surface area is 67.6 Å². The highest BCUT2D eigenvalue weighted by atomic mass is 19.2. The van der Waals surface area contributed by atoms with Gasteiger partial charge in [0.25, 0.3) is 5.95 Å². The lowest BCUT2D eigenvalue weighted by molar-refractivity contribution is 0.448. The van der Waals surface area contributed by atoms with E-state index in [9.17, 15) is 13.2 Å². The molecule has 66 valence electrons. The van der Waals surface area contributed by atoms with Gasteiger partial charge in [-0.25, -0.2) is 4.39 Å². The van der Waals surface area contributed by atoms with Crippen molar-refractivity contribution < 1.29 is 13.2 Å².